The molecule has 2 aromatic heterocycles. The van der Waals surface area contributed by atoms with Crippen molar-refractivity contribution in [3.05, 3.63) is 100 Å². The first-order valence-corrected chi connectivity index (χ1v) is 32.5. The molecular weight excluding hydrogens is 1090 g/mol. The van der Waals surface area contributed by atoms with E-state index in [1.165, 1.54) is 56.2 Å². The van der Waals surface area contributed by atoms with Crippen LogP contribution in [-0.4, -0.2) is 146 Å². The highest BCUT2D eigenvalue weighted by Crippen LogP contribution is 2.55. The number of ether oxygens (including phenoxy) is 4. The predicted molar refractivity (Wildman–Crippen MR) is 322 cm³/mol. The van der Waals surface area contributed by atoms with Crippen LogP contribution in [0.1, 0.15) is 139 Å². The molecule has 13 rings (SSSR count). The average Bonchev–Trinajstić information content (AvgIpc) is 1.98. The van der Waals surface area contributed by atoms with Crippen LogP contribution in [0.3, 0.4) is 0 Å². The number of benzene rings is 3. The zero-order chi connectivity index (χ0) is 58.0. The summed E-state index contributed by atoms with van der Waals surface area (Å²) >= 11 is 0. The molecule has 4 saturated heterocycles. The SMILES string of the molecule is CC(C)Oc1ccccc1[C@H]1CN(C2CCC3(CCOCC3)CC2)CCN1C1CC2(CCN(c3ccc(C(=O)NS(=O)(=O)c4ccc(NC[C@H]5CC[C@](C)(O)CC5)c([N+](=O)[O-])c4)c(N4c5cc6cc[nH]c6nc5O[C@H]5COCC[C@@H]54)c3)CC2)C1. The van der Waals surface area contributed by atoms with E-state index in [1.807, 2.05) is 37.4 Å². The molecule has 3 atom stereocenters. The molecule has 7 fully saturated rings. The second kappa shape index (κ2) is 23.0. The van der Waals surface area contributed by atoms with Crippen LogP contribution in [0.15, 0.2) is 83.9 Å². The summed E-state index contributed by atoms with van der Waals surface area (Å²) in [5.74, 6) is 0.682. The van der Waals surface area contributed by atoms with Gasteiger partial charge in [-0.3, -0.25) is 24.7 Å². The second-order valence-electron chi connectivity index (χ2n) is 26.4. The van der Waals surface area contributed by atoms with Gasteiger partial charge in [-0.15, -0.1) is 0 Å². The van der Waals surface area contributed by atoms with Crippen molar-refractivity contribution in [2.45, 2.75) is 164 Å². The molecule has 7 heterocycles. The molecule has 20 heteroatoms. The van der Waals surface area contributed by atoms with Gasteiger partial charge in [-0.1, -0.05) is 18.2 Å². The van der Waals surface area contributed by atoms with Gasteiger partial charge in [0.25, 0.3) is 21.6 Å². The molecule has 5 aliphatic heterocycles. The Balaban J connectivity index is 0.747. The van der Waals surface area contributed by atoms with Gasteiger partial charge < -0.3 is 44.2 Å². The first-order valence-electron chi connectivity index (χ1n) is 31.1. The number of nitrogens with one attached hydrogen (secondary N) is 3. The third-order valence-electron chi connectivity index (χ3n) is 20.7. The number of fused-ring (bicyclic) bond motifs is 3. The number of aliphatic hydroxyl groups is 1. The smallest absolute Gasteiger partial charge is 0.293 e. The van der Waals surface area contributed by atoms with Crippen LogP contribution < -0.4 is 29.3 Å². The number of nitro groups is 1. The topological polar surface area (TPSA) is 217 Å². The quantitative estimate of drug-likeness (QED) is 0.0601. The van der Waals surface area contributed by atoms with E-state index in [1.54, 1.807) is 6.07 Å². The molecule has 19 nitrogen and oxygen atoms in total. The molecular formula is C64H83N9O10S. The third kappa shape index (κ3) is 11.5. The third-order valence-corrected chi connectivity index (χ3v) is 22.1. The summed E-state index contributed by atoms with van der Waals surface area (Å²) in [6.07, 6.45) is 16.7. The summed E-state index contributed by atoms with van der Waals surface area (Å²) < 4.78 is 55.8. The monoisotopic (exact) mass is 1170 g/mol. The molecule has 4 N–H and O–H groups in total. The summed E-state index contributed by atoms with van der Waals surface area (Å²) in [5, 5.41) is 26.9. The van der Waals surface area contributed by atoms with Crippen molar-refractivity contribution in [2.75, 3.05) is 80.8 Å². The number of nitro benzene ring substituents is 1. The number of piperidine rings is 1. The van der Waals surface area contributed by atoms with Crippen LogP contribution in [0.5, 0.6) is 11.6 Å². The molecule has 5 aromatic rings. The molecule has 8 aliphatic rings. The number of sulfonamides is 1. The summed E-state index contributed by atoms with van der Waals surface area (Å²) in [5.41, 5.74) is 3.85. The number of pyridine rings is 1. The maximum atomic E-state index is 14.9. The van der Waals surface area contributed by atoms with E-state index in [2.05, 4.69) is 72.7 Å². The Morgan fingerprint density at radius 1 is 0.857 bits per heavy atom. The lowest BCUT2D eigenvalue weighted by atomic mass is 9.59. The summed E-state index contributed by atoms with van der Waals surface area (Å²) in [7, 11) is -4.64. The van der Waals surface area contributed by atoms with Gasteiger partial charge in [0.15, 0.2) is 0 Å². The fourth-order valence-corrected chi connectivity index (χ4v) is 16.7. The van der Waals surface area contributed by atoms with Gasteiger partial charge in [-0.05, 0) is 182 Å². The number of hydrogen-bond acceptors (Lipinski definition) is 16. The van der Waals surface area contributed by atoms with E-state index in [0.29, 0.717) is 79.4 Å². The summed E-state index contributed by atoms with van der Waals surface area (Å²) in [4.78, 5) is 44.5. The van der Waals surface area contributed by atoms with E-state index >= 15 is 0 Å². The number of amides is 1. The Morgan fingerprint density at radius 3 is 2.39 bits per heavy atom. The Kier molecular flexibility index (Phi) is 15.6. The van der Waals surface area contributed by atoms with E-state index < -0.39 is 43.1 Å². The Morgan fingerprint density at radius 2 is 1.63 bits per heavy atom. The van der Waals surface area contributed by atoms with E-state index in [0.717, 1.165) is 107 Å². The number of aromatic nitrogens is 2. The largest absolute Gasteiger partial charge is 0.491 e. The van der Waals surface area contributed by atoms with Gasteiger partial charge >= 0.3 is 0 Å². The van der Waals surface area contributed by atoms with Crippen molar-refractivity contribution >= 4 is 55.4 Å². The van der Waals surface area contributed by atoms with E-state index in [4.69, 9.17) is 23.9 Å². The number of aromatic amines is 1. The van der Waals surface area contributed by atoms with Gasteiger partial charge in [0.1, 0.15) is 28.9 Å². The van der Waals surface area contributed by atoms with Crippen LogP contribution in [0, 0.1) is 26.9 Å². The summed E-state index contributed by atoms with van der Waals surface area (Å²) in [6, 6.07) is 23.0. The second-order valence-corrected chi connectivity index (χ2v) is 28.1. The highest BCUT2D eigenvalue weighted by atomic mass is 32.2. The van der Waals surface area contributed by atoms with E-state index in [-0.39, 0.29) is 40.8 Å². The van der Waals surface area contributed by atoms with Crippen LogP contribution in [0.2, 0.25) is 0 Å². The number of para-hydroxylation sites is 1. The van der Waals surface area contributed by atoms with Gasteiger partial charge in [-0.2, -0.15) is 4.98 Å². The van der Waals surface area contributed by atoms with Crippen LogP contribution in [0.25, 0.3) is 11.0 Å². The summed E-state index contributed by atoms with van der Waals surface area (Å²) in [6.45, 7) is 13.8. The minimum absolute atomic E-state index is 0.0749. The Bertz CT molecular complexity index is 3330. The number of hydrogen-bond donors (Lipinski definition) is 4. The first kappa shape index (κ1) is 57.1. The van der Waals surface area contributed by atoms with E-state index in [9.17, 15) is 28.4 Å². The lowest BCUT2D eigenvalue weighted by Crippen LogP contribution is -2.61. The van der Waals surface area contributed by atoms with Gasteiger partial charge in [0.05, 0.1) is 51.5 Å². The fourth-order valence-electron chi connectivity index (χ4n) is 15.7. The van der Waals surface area contributed by atoms with Gasteiger partial charge in [0, 0.05) is 100 Å². The number of carbonyl (C=O) groups excluding carboxylic acids is 1. The molecule has 3 aliphatic carbocycles. The lowest BCUT2D eigenvalue weighted by molar-refractivity contribution is -0.384. The zero-order valence-electron chi connectivity index (χ0n) is 48.9. The highest BCUT2D eigenvalue weighted by molar-refractivity contribution is 7.90. The molecule has 0 radical (unpaired) electrons. The number of anilines is 4. The minimum Gasteiger partial charge on any atom is -0.491 e. The van der Waals surface area contributed by atoms with Crippen molar-refractivity contribution in [2.24, 2.45) is 16.7 Å². The van der Waals surface area contributed by atoms with Crippen LogP contribution in [0.4, 0.5) is 28.4 Å². The Hall–Kier alpha value is -6.03. The molecule has 0 bridgehead atoms. The normalized spacial score (nSPS) is 27.4. The molecule has 3 aromatic carbocycles. The molecule has 1 amide bonds. The van der Waals surface area contributed by atoms with Crippen molar-refractivity contribution < 1.29 is 42.2 Å². The fraction of sp³-hybridized carbons (Fsp3) is 0.594. The van der Waals surface area contributed by atoms with Crippen molar-refractivity contribution in [3.8, 4) is 11.6 Å². The predicted octanol–water partition coefficient (Wildman–Crippen LogP) is 10.3. The van der Waals surface area contributed by atoms with Gasteiger partial charge in [0.2, 0.25) is 5.88 Å². The highest BCUT2D eigenvalue weighted by Gasteiger charge is 2.51. The number of piperazine rings is 1. The van der Waals surface area contributed by atoms with Gasteiger partial charge in [-0.25, -0.2) is 13.1 Å². The Labute approximate surface area is 493 Å². The minimum atomic E-state index is -4.64. The first-order chi connectivity index (χ1) is 40.5. The number of nitrogens with zero attached hydrogens (tertiary/aromatic N) is 6. The maximum Gasteiger partial charge on any atom is 0.293 e. The molecule has 450 valence electrons. The number of rotatable bonds is 14. The van der Waals surface area contributed by atoms with Crippen molar-refractivity contribution in [3.63, 3.8) is 0 Å². The molecule has 0 unspecified atom stereocenters. The lowest BCUT2D eigenvalue weighted by Gasteiger charge is -2.59. The molecule has 84 heavy (non-hydrogen) atoms. The van der Waals surface area contributed by atoms with Crippen molar-refractivity contribution in [1.82, 2.24) is 24.5 Å². The number of H-pyrrole nitrogens is 1. The maximum absolute atomic E-state index is 14.9. The van der Waals surface area contributed by atoms with Crippen LogP contribution >= 0.6 is 0 Å². The molecule has 2 spiro atoms. The zero-order valence-corrected chi connectivity index (χ0v) is 49.8. The molecule has 3 saturated carbocycles. The van der Waals surface area contributed by atoms with Crippen molar-refractivity contribution in [1.29, 1.82) is 0 Å². The standard InChI is InChI=1S/C64H83N9O10S/c1-42(2)82-57-7-5-4-6-49(57)56-40-70(45-14-20-63(21-15-45)24-32-80-33-25-63)29-30-71(56)47-37-64(38-47)22-27-69(28-23-64)46-8-10-50(53(35-46)72-52-17-31-81-41-58(52)83-61-55(72)34-44-16-26-65-59(44)67-61)60(74)68-84(78,79)48-9-11-51(54(36-48)73(76)77)66-39-43-12-18-62(3,75)19-13-43/h4-11,16,26,34-36,42-43,45,47,52,56,58,66,75H,12-15,17-25,27-33,37-41H2,1-3H3,(H,65,67)(H,68,74)/t43-,52-,56+,58-,62-/m0/s1. The number of carbonyl (C=O) groups is 1. The van der Waals surface area contributed by atoms with Crippen LogP contribution in [-0.2, 0) is 19.5 Å². The average molecular weight is 1170 g/mol.